The van der Waals surface area contributed by atoms with Crippen LogP contribution in [-0.2, 0) is 0 Å². The molecule has 1 unspecified atom stereocenters. The zero-order chi connectivity index (χ0) is 5.11. The summed E-state index contributed by atoms with van der Waals surface area (Å²) in [5, 5.41) is 1.29. The molecule has 1 aliphatic rings. The Balaban J connectivity index is 2.14. The van der Waals surface area contributed by atoms with Gasteiger partial charge in [-0.3, -0.25) is 0 Å². The number of hydrogen-bond acceptors (Lipinski definition) is 3. The summed E-state index contributed by atoms with van der Waals surface area (Å²) in [7, 11) is 4.01. The van der Waals surface area contributed by atoms with Gasteiger partial charge in [0, 0.05) is 0 Å². The van der Waals surface area contributed by atoms with Crippen LogP contribution in [0.1, 0.15) is 13.3 Å². The highest BCUT2D eigenvalue weighted by Crippen LogP contribution is 2.45. The zero-order valence-electron chi connectivity index (χ0n) is 4.22. The normalized spacial score (nSPS) is 31.3. The fourth-order valence-corrected chi connectivity index (χ4v) is 5.58. The van der Waals surface area contributed by atoms with Crippen LogP contribution in [0.5, 0.6) is 0 Å². The summed E-state index contributed by atoms with van der Waals surface area (Å²) in [4.78, 5) is 0. The van der Waals surface area contributed by atoms with Crippen molar-refractivity contribution in [2.45, 2.75) is 17.9 Å². The third-order valence-corrected chi connectivity index (χ3v) is 6.16. The predicted octanol–water partition coefficient (Wildman–Crippen LogP) is 2.81. The summed E-state index contributed by atoms with van der Waals surface area (Å²) in [5.41, 5.74) is 0. The van der Waals surface area contributed by atoms with Gasteiger partial charge in [0.2, 0.25) is 0 Å². The maximum absolute atomic E-state index is 2.25. The molecule has 0 aromatic rings. The molecular weight excluding hydrogens is 144 g/mol. The zero-order valence-corrected chi connectivity index (χ0v) is 6.67. The molecule has 0 nitrogen and oxygen atoms in total. The SMILES string of the molecule is CCC1SCSS1. The van der Waals surface area contributed by atoms with Gasteiger partial charge in [0.05, 0.1) is 9.67 Å². The van der Waals surface area contributed by atoms with E-state index in [-0.39, 0.29) is 0 Å². The molecular formula is C4H8S3. The van der Waals surface area contributed by atoms with E-state index >= 15 is 0 Å². The van der Waals surface area contributed by atoms with Crippen molar-refractivity contribution in [3.8, 4) is 0 Å². The minimum atomic E-state index is 0.894. The molecule has 1 aliphatic heterocycles. The largest absolute Gasteiger partial charge is 0.135 e. The van der Waals surface area contributed by atoms with Gasteiger partial charge in [-0.05, 0) is 6.42 Å². The molecule has 0 N–H and O–H groups in total. The fraction of sp³-hybridized carbons (Fsp3) is 1.00. The number of hydrogen-bond donors (Lipinski definition) is 0. The molecule has 7 heavy (non-hydrogen) atoms. The summed E-state index contributed by atoms with van der Waals surface area (Å²) in [6.07, 6.45) is 1.32. The summed E-state index contributed by atoms with van der Waals surface area (Å²) < 4.78 is 0.894. The van der Waals surface area contributed by atoms with E-state index in [1.54, 1.807) is 0 Å². The molecule has 1 rings (SSSR count). The Bertz CT molecular complexity index is 48.9. The summed E-state index contributed by atoms with van der Waals surface area (Å²) in [6.45, 7) is 2.25. The Morgan fingerprint density at radius 3 is 2.86 bits per heavy atom. The van der Waals surface area contributed by atoms with Crippen molar-refractivity contribution in [1.82, 2.24) is 0 Å². The van der Waals surface area contributed by atoms with Gasteiger partial charge in [0.1, 0.15) is 0 Å². The molecule has 0 aromatic carbocycles. The van der Waals surface area contributed by atoms with Crippen molar-refractivity contribution in [2.75, 3.05) is 5.08 Å². The second-order valence-corrected chi connectivity index (χ2v) is 5.76. The van der Waals surface area contributed by atoms with Gasteiger partial charge in [-0.1, -0.05) is 28.5 Å². The summed E-state index contributed by atoms with van der Waals surface area (Å²) >= 11 is 2.07. The average molecular weight is 152 g/mol. The van der Waals surface area contributed by atoms with E-state index in [9.17, 15) is 0 Å². The highest BCUT2D eigenvalue weighted by Gasteiger charge is 2.13. The Kier molecular flexibility index (Phi) is 2.78. The first-order valence-electron chi connectivity index (χ1n) is 2.33. The van der Waals surface area contributed by atoms with Crippen molar-refractivity contribution >= 4 is 33.3 Å². The Morgan fingerprint density at radius 1 is 1.71 bits per heavy atom. The second kappa shape index (κ2) is 3.15. The smallest absolute Gasteiger partial charge is 0.0612 e. The topological polar surface area (TPSA) is 0 Å². The lowest BCUT2D eigenvalue weighted by Crippen LogP contribution is -1.83. The minimum Gasteiger partial charge on any atom is -0.135 e. The fourth-order valence-electron chi connectivity index (χ4n) is 0.421. The molecule has 0 amide bonds. The molecule has 0 saturated carbocycles. The second-order valence-electron chi connectivity index (χ2n) is 1.34. The Hall–Kier alpha value is 1.05. The summed E-state index contributed by atoms with van der Waals surface area (Å²) in [5.74, 6) is 0. The van der Waals surface area contributed by atoms with Gasteiger partial charge in [-0.25, -0.2) is 0 Å². The van der Waals surface area contributed by atoms with Crippen molar-refractivity contribution in [3.05, 3.63) is 0 Å². The first-order valence-corrected chi connectivity index (χ1v) is 5.76. The van der Waals surface area contributed by atoms with Crippen molar-refractivity contribution in [1.29, 1.82) is 0 Å². The first-order chi connectivity index (χ1) is 3.43. The van der Waals surface area contributed by atoms with Gasteiger partial charge in [-0.15, -0.1) is 11.8 Å². The third kappa shape index (κ3) is 1.78. The van der Waals surface area contributed by atoms with Crippen LogP contribution in [0, 0.1) is 0 Å². The van der Waals surface area contributed by atoms with E-state index in [1.165, 1.54) is 11.5 Å². The van der Waals surface area contributed by atoms with E-state index in [0.717, 1.165) is 4.58 Å². The molecule has 0 radical (unpaired) electrons. The van der Waals surface area contributed by atoms with Crippen LogP contribution >= 0.6 is 33.3 Å². The van der Waals surface area contributed by atoms with Gasteiger partial charge in [0.25, 0.3) is 0 Å². The highest BCUT2D eigenvalue weighted by atomic mass is 33.1. The predicted molar refractivity (Wildman–Crippen MR) is 41.7 cm³/mol. The van der Waals surface area contributed by atoms with Crippen LogP contribution in [0.2, 0.25) is 0 Å². The molecule has 1 atom stereocenters. The van der Waals surface area contributed by atoms with Crippen LogP contribution in [-0.4, -0.2) is 9.67 Å². The average Bonchev–Trinajstić information content (AvgIpc) is 2.14. The molecule has 0 spiro atoms. The summed E-state index contributed by atoms with van der Waals surface area (Å²) in [6, 6.07) is 0. The lowest BCUT2D eigenvalue weighted by molar-refractivity contribution is 1.06. The van der Waals surface area contributed by atoms with E-state index in [1.807, 2.05) is 21.6 Å². The monoisotopic (exact) mass is 152 g/mol. The van der Waals surface area contributed by atoms with E-state index in [4.69, 9.17) is 0 Å². The van der Waals surface area contributed by atoms with Gasteiger partial charge < -0.3 is 0 Å². The lowest BCUT2D eigenvalue weighted by Gasteiger charge is -1.97. The number of thioether (sulfide) groups is 1. The Morgan fingerprint density at radius 2 is 2.57 bits per heavy atom. The maximum Gasteiger partial charge on any atom is 0.0612 e. The van der Waals surface area contributed by atoms with Crippen LogP contribution in [0.15, 0.2) is 0 Å². The van der Waals surface area contributed by atoms with E-state index in [0.29, 0.717) is 0 Å². The molecule has 1 saturated heterocycles. The lowest BCUT2D eigenvalue weighted by atomic mass is 10.6. The minimum absolute atomic E-state index is 0.894. The molecule has 1 fully saturated rings. The quantitative estimate of drug-likeness (QED) is 0.530. The molecule has 0 aromatic heterocycles. The molecule has 0 bridgehead atoms. The molecule has 0 aliphatic carbocycles. The van der Waals surface area contributed by atoms with Crippen LogP contribution in [0.25, 0.3) is 0 Å². The highest BCUT2D eigenvalue weighted by molar-refractivity contribution is 8.82. The standard InChI is InChI=1S/C4H8S3/c1-2-4-5-3-6-7-4/h4H,2-3H2,1H3. The van der Waals surface area contributed by atoms with Crippen molar-refractivity contribution < 1.29 is 0 Å². The van der Waals surface area contributed by atoms with Crippen molar-refractivity contribution in [2.24, 2.45) is 0 Å². The van der Waals surface area contributed by atoms with Crippen molar-refractivity contribution in [3.63, 3.8) is 0 Å². The molecule has 42 valence electrons. The van der Waals surface area contributed by atoms with Gasteiger partial charge in [0.15, 0.2) is 0 Å². The maximum atomic E-state index is 2.25. The molecule has 3 heteroatoms. The van der Waals surface area contributed by atoms with Gasteiger partial charge in [-0.2, -0.15) is 0 Å². The first kappa shape index (κ1) is 6.17. The van der Waals surface area contributed by atoms with Gasteiger partial charge >= 0.3 is 0 Å². The third-order valence-electron chi connectivity index (χ3n) is 0.811. The molecule has 1 heterocycles. The van der Waals surface area contributed by atoms with Crippen LogP contribution in [0.4, 0.5) is 0 Å². The van der Waals surface area contributed by atoms with E-state index < -0.39 is 0 Å². The van der Waals surface area contributed by atoms with Crippen LogP contribution in [0.3, 0.4) is 0 Å². The van der Waals surface area contributed by atoms with E-state index in [2.05, 4.69) is 18.7 Å². The Labute approximate surface area is 56.6 Å². The van der Waals surface area contributed by atoms with Crippen LogP contribution < -0.4 is 0 Å². The number of rotatable bonds is 1.